The van der Waals surface area contributed by atoms with Gasteiger partial charge >= 0.3 is 6.18 Å². The summed E-state index contributed by atoms with van der Waals surface area (Å²) in [6, 6.07) is 7.07. The Labute approximate surface area is 152 Å². The summed E-state index contributed by atoms with van der Waals surface area (Å²) >= 11 is 0. The van der Waals surface area contributed by atoms with E-state index < -0.39 is 18.9 Å². The predicted molar refractivity (Wildman–Crippen MR) is 101 cm³/mol. The Balaban J connectivity index is 0.000000313. The van der Waals surface area contributed by atoms with E-state index in [0.29, 0.717) is 17.8 Å². The summed E-state index contributed by atoms with van der Waals surface area (Å²) in [7, 11) is 1.76. The molecule has 0 aliphatic carbocycles. The van der Waals surface area contributed by atoms with Crippen molar-refractivity contribution in [2.75, 3.05) is 25.5 Å². The van der Waals surface area contributed by atoms with Crippen LogP contribution in [0, 0.1) is 6.92 Å². The monoisotopic (exact) mass is 375 g/mol. The number of piperidine rings is 1. The molecular weight excluding hydrogens is 346 g/mol. The molecule has 1 aromatic heterocycles. The highest BCUT2D eigenvalue weighted by molar-refractivity contribution is 5.93. The lowest BCUT2D eigenvalue weighted by molar-refractivity contribution is -0.140. The molecule has 1 fully saturated rings. The van der Waals surface area contributed by atoms with Crippen LogP contribution in [0.2, 0.25) is 0 Å². The molecule has 148 valence electrons. The number of rotatable bonds is 2. The minimum absolute atomic E-state index is 0.569. The minimum Gasteiger partial charge on any atom is -0.388 e. The normalized spacial score (nSPS) is 17.0. The summed E-state index contributed by atoms with van der Waals surface area (Å²) in [6.45, 7) is 6.31. The van der Waals surface area contributed by atoms with E-state index in [1.807, 2.05) is 19.9 Å². The Morgan fingerprint density at radius 2 is 1.96 bits per heavy atom. The van der Waals surface area contributed by atoms with Crippen molar-refractivity contribution in [2.24, 2.45) is 0 Å². The zero-order valence-electron chi connectivity index (χ0n) is 15.9. The number of nitrogens with one attached hydrogen (secondary N) is 2. The molecule has 1 unspecified atom stereocenters. The summed E-state index contributed by atoms with van der Waals surface area (Å²) < 4.78 is 50.8. The number of hydrogen-bond acceptors (Lipinski definition) is 2. The minimum atomic E-state index is -4.20. The molecular formula is C19H29F4N3. The topological polar surface area (TPSA) is 29.0 Å². The van der Waals surface area contributed by atoms with Crippen molar-refractivity contribution in [1.29, 1.82) is 0 Å². The van der Waals surface area contributed by atoms with Crippen LogP contribution in [0.25, 0.3) is 10.9 Å². The van der Waals surface area contributed by atoms with Gasteiger partial charge in [0.25, 0.3) is 0 Å². The molecule has 1 saturated heterocycles. The van der Waals surface area contributed by atoms with E-state index in [1.165, 1.54) is 4.57 Å². The lowest BCUT2D eigenvalue weighted by atomic mass is 10.1. The molecule has 2 aromatic rings. The van der Waals surface area contributed by atoms with Crippen LogP contribution in [0.3, 0.4) is 0 Å². The van der Waals surface area contributed by atoms with Gasteiger partial charge in [0.1, 0.15) is 12.7 Å². The van der Waals surface area contributed by atoms with Crippen molar-refractivity contribution >= 4 is 16.6 Å². The van der Waals surface area contributed by atoms with E-state index in [-0.39, 0.29) is 0 Å². The molecule has 0 saturated carbocycles. The quantitative estimate of drug-likeness (QED) is 0.699. The lowest BCUT2D eigenvalue weighted by Gasteiger charge is -2.14. The van der Waals surface area contributed by atoms with Crippen LogP contribution in [-0.2, 0) is 6.54 Å². The van der Waals surface area contributed by atoms with Gasteiger partial charge in [-0.15, -0.1) is 0 Å². The van der Waals surface area contributed by atoms with Gasteiger partial charge in [0.2, 0.25) is 0 Å². The van der Waals surface area contributed by atoms with E-state index in [0.717, 1.165) is 30.5 Å². The van der Waals surface area contributed by atoms with Crippen molar-refractivity contribution in [1.82, 2.24) is 9.88 Å². The number of benzene rings is 1. The Morgan fingerprint density at radius 1 is 1.27 bits per heavy atom. The van der Waals surface area contributed by atoms with Gasteiger partial charge < -0.3 is 15.2 Å². The van der Waals surface area contributed by atoms with Crippen LogP contribution in [0.15, 0.2) is 24.3 Å². The van der Waals surface area contributed by atoms with Crippen molar-refractivity contribution in [3.63, 3.8) is 0 Å². The van der Waals surface area contributed by atoms with Gasteiger partial charge in [-0.2, -0.15) is 13.2 Å². The summed E-state index contributed by atoms with van der Waals surface area (Å²) in [6.07, 6.45) is -3.02. The van der Waals surface area contributed by atoms with Crippen molar-refractivity contribution in [3.8, 4) is 0 Å². The molecule has 0 spiro atoms. The third-order valence-corrected chi connectivity index (χ3v) is 4.00. The van der Waals surface area contributed by atoms with Gasteiger partial charge in [-0.25, -0.2) is 4.39 Å². The van der Waals surface area contributed by atoms with E-state index in [1.54, 1.807) is 32.2 Å². The second kappa shape index (κ2) is 10.4. The van der Waals surface area contributed by atoms with E-state index >= 15 is 0 Å². The summed E-state index contributed by atoms with van der Waals surface area (Å²) in [5.41, 5.74) is 2.05. The number of nitrogens with zero attached hydrogens (tertiary/aromatic N) is 1. The Kier molecular flexibility index (Phi) is 8.92. The highest BCUT2D eigenvalue weighted by Gasteiger charge is 2.29. The van der Waals surface area contributed by atoms with Crippen LogP contribution in [0.5, 0.6) is 0 Å². The van der Waals surface area contributed by atoms with Crippen LogP contribution < -0.4 is 10.6 Å². The maximum Gasteiger partial charge on any atom is 0.406 e. The molecule has 1 aliphatic rings. The first-order valence-electron chi connectivity index (χ1n) is 9.00. The number of hydrogen-bond donors (Lipinski definition) is 2. The Morgan fingerprint density at radius 3 is 2.42 bits per heavy atom. The van der Waals surface area contributed by atoms with E-state index in [4.69, 9.17) is 0 Å². The standard InChI is InChI=1S/C12H13F3N2.C5H10FN.C2H6/c1-8-6-9-10(16-2)4-3-5-11(9)17(8)7-12(13,14)15;6-5-2-1-3-7-4-5;1-2/h3-6,16H,7H2,1-2H3;5,7H,1-4H2;1-2H3. The Hall–Kier alpha value is -1.76. The second-order valence-corrected chi connectivity index (χ2v) is 5.92. The molecule has 2 heterocycles. The third-order valence-electron chi connectivity index (χ3n) is 4.00. The molecule has 1 aliphatic heterocycles. The second-order valence-electron chi connectivity index (χ2n) is 5.92. The van der Waals surface area contributed by atoms with Gasteiger partial charge in [-0.05, 0) is 44.5 Å². The molecule has 3 nitrogen and oxygen atoms in total. The molecule has 0 bridgehead atoms. The van der Waals surface area contributed by atoms with Gasteiger partial charge in [0.15, 0.2) is 0 Å². The SMILES string of the molecule is CC.CNc1cccc2c1cc(C)n2CC(F)(F)F.FC1CCCNC1. The predicted octanol–water partition coefficient (Wildman–Crippen LogP) is 5.29. The molecule has 0 amide bonds. The first-order chi connectivity index (χ1) is 12.3. The van der Waals surface area contributed by atoms with E-state index in [9.17, 15) is 17.6 Å². The summed E-state index contributed by atoms with van der Waals surface area (Å²) in [5.74, 6) is 0. The Bertz CT molecular complexity index is 659. The van der Waals surface area contributed by atoms with Gasteiger partial charge in [-0.3, -0.25) is 0 Å². The van der Waals surface area contributed by atoms with Crippen LogP contribution >= 0.6 is 0 Å². The van der Waals surface area contributed by atoms with Crippen molar-refractivity contribution < 1.29 is 17.6 Å². The maximum absolute atomic E-state index is 12.5. The maximum atomic E-state index is 12.5. The lowest BCUT2D eigenvalue weighted by Crippen LogP contribution is -2.30. The molecule has 2 N–H and O–H groups in total. The number of alkyl halides is 4. The number of aromatic nitrogens is 1. The zero-order chi connectivity index (χ0) is 19.7. The van der Waals surface area contributed by atoms with Gasteiger partial charge in [-0.1, -0.05) is 19.9 Å². The van der Waals surface area contributed by atoms with Crippen LogP contribution in [0.4, 0.5) is 23.2 Å². The molecule has 0 radical (unpaired) electrons. The highest BCUT2D eigenvalue weighted by atomic mass is 19.4. The van der Waals surface area contributed by atoms with Crippen LogP contribution in [0.1, 0.15) is 32.4 Å². The first kappa shape index (κ1) is 22.3. The molecule has 3 rings (SSSR count). The number of fused-ring (bicyclic) bond motifs is 1. The highest BCUT2D eigenvalue weighted by Crippen LogP contribution is 2.29. The van der Waals surface area contributed by atoms with Crippen molar-refractivity contribution in [3.05, 3.63) is 30.0 Å². The van der Waals surface area contributed by atoms with Crippen molar-refractivity contribution in [2.45, 2.75) is 52.5 Å². The average molecular weight is 375 g/mol. The molecule has 26 heavy (non-hydrogen) atoms. The van der Waals surface area contributed by atoms with E-state index in [2.05, 4.69) is 10.6 Å². The molecule has 7 heteroatoms. The fourth-order valence-corrected chi connectivity index (χ4v) is 2.83. The fraction of sp³-hybridized carbons (Fsp3) is 0.579. The van der Waals surface area contributed by atoms with Gasteiger partial charge in [0.05, 0.1) is 5.52 Å². The average Bonchev–Trinajstić information content (AvgIpc) is 2.92. The molecule has 1 aromatic carbocycles. The third kappa shape index (κ3) is 6.52. The van der Waals surface area contributed by atoms with Gasteiger partial charge in [0, 0.05) is 30.4 Å². The number of aryl methyl sites for hydroxylation is 1. The number of anilines is 1. The zero-order valence-corrected chi connectivity index (χ0v) is 15.9. The summed E-state index contributed by atoms with van der Waals surface area (Å²) in [4.78, 5) is 0. The fourth-order valence-electron chi connectivity index (χ4n) is 2.83. The molecule has 1 atom stereocenters. The number of halogens is 4. The smallest absolute Gasteiger partial charge is 0.388 e. The summed E-state index contributed by atoms with van der Waals surface area (Å²) in [5, 5.41) is 6.75. The van der Waals surface area contributed by atoms with Crippen LogP contribution in [-0.4, -0.2) is 37.1 Å². The largest absolute Gasteiger partial charge is 0.406 e. The first-order valence-corrected chi connectivity index (χ1v) is 9.00.